The van der Waals surface area contributed by atoms with Crippen LogP contribution in [0.4, 0.5) is 0 Å². The third kappa shape index (κ3) is 5.38. The molecule has 5 atom stereocenters. The van der Waals surface area contributed by atoms with Crippen molar-refractivity contribution in [1.82, 2.24) is 15.0 Å². The van der Waals surface area contributed by atoms with Crippen LogP contribution in [-0.4, -0.2) is 15.0 Å². The van der Waals surface area contributed by atoms with Crippen LogP contribution in [-0.2, 0) is 10.8 Å². The van der Waals surface area contributed by atoms with Crippen molar-refractivity contribution < 1.29 is 4.74 Å². The predicted octanol–water partition coefficient (Wildman–Crippen LogP) is 15.1. The molecule has 16 rings (SSSR count). The van der Waals surface area contributed by atoms with Crippen molar-refractivity contribution in [1.29, 1.82) is 0 Å². The van der Waals surface area contributed by atoms with Crippen molar-refractivity contribution in [2.75, 3.05) is 0 Å². The molecule has 6 aliphatic carbocycles. The van der Waals surface area contributed by atoms with Crippen molar-refractivity contribution in [2.45, 2.75) is 49.4 Å². The maximum Gasteiger partial charge on any atom is 0.164 e. The van der Waals surface area contributed by atoms with Crippen LogP contribution >= 0.6 is 0 Å². The summed E-state index contributed by atoms with van der Waals surface area (Å²) in [6.45, 7) is 0. The van der Waals surface area contributed by atoms with Gasteiger partial charge in [-0.2, -0.15) is 0 Å². The Balaban J connectivity index is 0.827. The van der Waals surface area contributed by atoms with Crippen molar-refractivity contribution in [3.05, 3.63) is 222 Å². The molecule has 2 unspecified atom stereocenters. The van der Waals surface area contributed by atoms with Gasteiger partial charge in [0.15, 0.2) is 17.5 Å². The molecular formula is C63H47N3O. The summed E-state index contributed by atoms with van der Waals surface area (Å²) in [6, 6.07) is 70.3. The standard InChI is InChI=1S/C63H47N3O/c1-2-11-40(12-3-1)41-21-23-42(24-22-41)58-64-59(43-25-28-48(29-26-43)61-34-39-31-47-36-62(35-39,38-61)55(47)37-61)66-60(65-58)46-14-10-13-44(32-46)45-27-30-54-57(33-45)67-56-20-9-8-19-53(56)63(54)51-17-6-4-15-49(51)50-16-5-7-18-52(50)63/h1-30,32-33,39,47,55H,31,34-38H2/t39-,47?,55+,61?,62+/m0/s1. The third-order valence-corrected chi connectivity index (χ3v) is 17.3. The van der Waals surface area contributed by atoms with E-state index in [1.54, 1.807) is 0 Å². The molecular weight excluding hydrogens is 815 g/mol. The Labute approximate surface area is 391 Å². The van der Waals surface area contributed by atoms with Crippen LogP contribution in [0.3, 0.4) is 0 Å². The highest BCUT2D eigenvalue weighted by Crippen LogP contribution is 2.78. The first-order valence-electron chi connectivity index (χ1n) is 24.3. The molecule has 1 aromatic heterocycles. The van der Waals surface area contributed by atoms with Crippen molar-refractivity contribution in [3.8, 4) is 79.0 Å². The number of benzene rings is 8. The number of para-hydroxylation sites is 1. The van der Waals surface area contributed by atoms with Gasteiger partial charge in [0.05, 0.1) is 5.41 Å². The normalized spacial score (nSPS) is 23.7. The highest BCUT2D eigenvalue weighted by Gasteiger charge is 2.70. The van der Waals surface area contributed by atoms with E-state index in [9.17, 15) is 0 Å². The van der Waals surface area contributed by atoms with Gasteiger partial charge in [-0.3, -0.25) is 0 Å². The molecule has 5 saturated carbocycles. The van der Waals surface area contributed by atoms with Crippen LogP contribution in [0.15, 0.2) is 194 Å². The minimum absolute atomic E-state index is 0.339. The number of hydrogen-bond acceptors (Lipinski definition) is 4. The number of nitrogens with zero attached hydrogens (tertiary/aromatic N) is 3. The molecule has 2 spiro atoms. The van der Waals surface area contributed by atoms with E-state index in [0.717, 1.165) is 68.2 Å². The van der Waals surface area contributed by atoms with Gasteiger partial charge in [0.25, 0.3) is 0 Å². The molecule has 0 amide bonds. The fraction of sp³-hybridized carbons (Fsp3) is 0.190. The maximum absolute atomic E-state index is 6.89. The van der Waals surface area contributed by atoms with Crippen molar-refractivity contribution in [3.63, 3.8) is 0 Å². The summed E-state index contributed by atoms with van der Waals surface area (Å²) in [4.78, 5) is 15.7. The van der Waals surface area contributed by atoms with Gasteiger partial charge in [0, 0.05) is 27.8 Å². The van der Waals surface area contributed by atoms with Gasteiger partial charge in [0.2, 0.25) is 0 Å². The molecule has 67 heavy (non-hydrogen) atoms. The quantitative estimate of drug-likeness (QED) is 0.167. The molecule has 1 aliphatic heterocycles. The smallest absolute Gasteiger partial charge is 0.164 e. The molecule has 0 N–H and O–H groups in total. The molecule has 4 nitrogen and oxygen atoms in total. The lowest BCUT2D eigenvalue weighted by atomic mass is 9.44. The van der Waals surface area contributed by atoms with Gasteiger partial charge in [-0.05, 0) is 135 Å². The number of ether oxygens (including phenoxy) is 1. The predicted molar refractivity (Wildman–Crippen MR) is 267 cm³/mol. The van der Waals surface area contributed by atoms with E-state index in [0.29, 0.717) is 28.3 Å². The first kappa shape index (κ1) is 37.8. The Morgan fingerprint density at radius 1 is 0.403 bits per heavy atom. The summed E-state index contributed by atoms with van der Waals surface area (Å²) >= 11 is 0. The Morgan fingerprint density at radius 3 is 1.70 bits per heavy atom. The first-order chi connectivity index (χ1) is 33.0. The van der Waals surface area contributed by atoms with Crippen LogP contribution in [0.5, 0.6) is 11.5 Å². The Hall–Kier alpha value is -7.43. The van der Waals surface area contributed by atoms with Crippen LogP contribution in [0.2, 0.25) is 0 Å². The zero-order valence-electron chi connectivity index (χ0n) is 37.2. The second-order valence-corrected chi connectivity index (χ2v) is 20.7. The first-order valence-corrected chi connectivity index (χ1v) is 24.3. The molecule has 4 bridgehead atoms. The van der Waals surface area contributed by atoms with Gasteiger partial charge >= 0.3 is 0 Å². The minimum atomic E-state index is -0.498. The molecule has 2 heterocycles. The summed E-state index contributed by atoms with van der Waals surface area (Å²) in [6.07, 6.45) is 8.57. The second-order valence-electron chi connectivity index (χ2n) is 20.7. The van der Waals surface area contributed by atoms with E-state index in [1.165, 1.54) is 77.5 Å². The topological polar surface area (TPSA) is 47.9 Å². The van der Waals surface area contributed by atoms with E-state index in [1.807, 2.05) is 0 Å². The van der Waals surface area contributed by atoms with Crippen molar-refractivity contribution >= 4 is 0 Å². The Bertz CT molecular complexity index is 3440. The average molecular weight is 862 g/mol. The fourth-order valence-electron chi connectivity index (χ4n) is 14.8. The molecule has 0 radical (unpaired) electrons. The Morgan fingerprint density at radius 2 is 0.955 bits per heavy atom. The molecule has 320 valence electrons. The third-order valence-electron chi connectivity index (χ3n) is 17.3. The fourth-order valence-corrected chi connectivity index (χ4v) is 14.8. The van der Waals surface area contributed by atoms with E-state index in [-0.39, 0.29) is 0 Å². The minimum Gasteiger partial charge on any atom is -0.457 e. The van der Waals surface area contributed by atoms with Crippen LogP contribution in [0, 0.1) is 23.2 Å². The van der Waals surface area contributed by atoms with Crippen molar-refractivity contribution in [2.24, 2.45) is 23.2 Å². The molecule has 5 fully saturated rings. The Kier molecular flexibility index (Phi) is 7.78. The molecule has 4 heteroatoms. The zero-order valence-corrected chi connectivity index (χ0v) is 37.2. The second kappa shape index (κ2) is 13.8. The van der Waals surface area contributed by atoms with Gasteiger partial charge in [-0.25, -0.2) is 15.0 Å². The lowest BCUT2D eigenvalue weighted by Gasteiger charge is -2.60. The largest absolute Gasteiger partial charge is 0.457 e. The van der Waals surface area contributed by atoms with Gasteiger partial charge < -0.3 is 4.74 Å². The van der Waals surface area contributed by atoms with Gasteiger partial charge in [-0.15, -0.1) is 0 Å². The van der Waals surface area contributed by atoms with E-state index in [4.69, 9.17) is 19.7 Å². The summed E-state index contributed by atoms with van der Waals surface area (Å²) in [5.74, 6) is 6.61. The summed E-state index contributed by atoms with van der Waals surface area (Å²) < 4.78 is 6.89. The maximum atomic E-state index is 6.89. The van der Waals surface area contributed by atoms with Crippen LogP contribution < -0.4 is 4.74 Å². The lowest BCUT2D eigenvalue weighted by molar-refractivity contribution is -0.104. The van der Waals surface area contributed by atoms with E-state index >= 15 is 0 Å². The monoisotopic (exact) mass is 861 g/mol. The highest BCUT2D eigenvalue weighted by molar-refractivity contribution is 5.89. The molecule has 7 aliphatic rings. The molecule has 9 aromatic rings. The van der Waals surface area contributed by atoms with Gasteiger partial charge in [-0.1, -0.05) is 176 Å². The lowest BCUT2D eigenvalue weighted by Crippen LogP contribution is -2.52. The SMILES string of the molecule is c1ccc(-c2ccc(-c3nc(-c4ccc(C56C[C@@H]7CC8C[C@](C7)(C5)[C@@H]8C6)cc4)nc(-c4cccc(-c5ccc6c(c5)Oc5ccccc5C65c6ccccc6-c6ccccc65)c4)n3)cc2)cc1. The summed E-state index contributed by atoms with van der Waals surface area (Å²) in [5.41, 5.74) is 16.9. The van der Waals surface area contributed by atoms with E-state index < -0.39 is 5.41 Å². The van der Waals surface area contributed by atoms with Crippen LogP contribution in [0.1, 0.15) is 66.3 Å². The summed E-state index contributed by atoms with van der Waals surface area (Å²) in [5, 5.41) is 0. The van der Waals surface area contributed by atoms with Gasteiger partial charge in [0.1, 0.15) is 11.5 Å². The number of hydrogen-bond donors (Lipinski definition) is 0. The summed E-state index contributed by atoms with van der Waals surface area (Å²) in [7, 11) is 0. The zero-order chi connectivity index (χ0) is 43.9. The highest BCUT2D eigenvalue weighted by atomic mass is 16.5. The molecule has 0 saturated heterocycles. The number of aromatic nitrogens is 3. The average Bonchev–Trinajstić information content (AvgIpc) is 3.74. The van der Waals surface area contributed by atoms with E-state index in [2.05, 4.69) is 194 Å². The van der Waals surface area contributed by atoms with Crippen LogP contribution in [0.25, 0.3) is 67.5 Å². The number of fused-ring (bicyclic) bond motifs is 10. The number of rotatable bonds is 6. The molecule has 8 aromatic carbocycles.